The molecule has 0 unspecified atom stereocenters. The van der Waals surface area contributed by atoms with Crippen molar-refractivity contribution in [3.05, 3.63) is 77.8 Å². The van der Waals surface area contributed by atoms with E-state index in [-0.39, 0.29) is 13.1 Å². The topological polar surface area (TPSA) is 67.2 Å². The predicted octanol–water partition coefficient (Wildman–Crippen LogP) is 4.89. The first-order valence-corrected chi connectivity index (χ1v) is 9.55. The number of aromatic nitrogens is 1. The van der Waals surface area contributed by atoms with E-state index in [1.165, 1.54) is 12.1 Å². The molecule has 1 saturated carbocycles. The number of rotatable bonds is 6. The lowest BCUT2D eigenvalue weighted by molar-refractivity contribution is -0.137. The molecule has 5 nitrogen and oxygen atoms in total. The monoisotopic (exact) mass is 415 g/mol. The Morgan fingerprint density at radius 1 is 1.07 bits per heavy atom. The first-order valence-electron chi connectivity index (χ1n) is 9.55. The quantitative estimate of drug-likeness (QED) is 0.602. The number of alkyl halides is 3. The van der Waals surface area contributed by atoms with Gasteiger partial charge in [0.25, 0.3) is 0 Å². The van der Waals surface area contributed by atoms with Crippen molar-refractivity contribution in [2.24, 2.45) is 0 Å². The Hall–Kier alpha value is -3.29. The molecule has 30 heavy (non-hydrogen) atoms. The minimum absolute atomic E-state index is 0.106. The normalized spacial score (nSPS) is 14.9. The minimum atomic E-state index is -4.38. The van der Waals surface area contributed by atoms with Crippen LogP contribution in [0.25, 0.3) is 11.3 Å². The Bertz CT molecular complexity index is 1030. The lowest BCUT2D eigenvalue weighted by Gasteiger charge is -2.18. The van der Waals surface area contributed by atoms with Crippen LogP contribution in [0.15, 0.2) is 65.2 Å². The molecule has 8 heteroatoms. The lowest BCUT2D eigenvalue weighted by atomic mass is 9.94. The average molecular weight is 415 g/mol. The van der Waals surface area contributed by atoms with Gasteiger partial charge in [0.15, 0.2) is 5.76 Å². The third-order valence-corrected chi connectivity index (χ3v) is 5.26. The van der Waals surface area contributed by atoms with Crippen LogP contribution in [0.2, 0.25) is 0 Å². The van der Waals surface area contributed by atoms with Crippen molar-refractivity contribution in [2.75, 3.05) is 6.54 Å². The summed E-state index contributed by atoms with van der Waals surface area (Å²) in [4.78, 5) is 16.3. The summed E-state index contributed by atoms with van der Waals surface area (Å²) >= 11 is 0. The van der Waals surface area contributed by atoms with Crippen molar-refractivity contribution >= 4 is 6.03 Å². The van der Waals surface area contributed by atoms with E-state index >= 15 is 0 Å². The van der Waals surface area contributed by atoms with Gasteiger partial charge in [-0.15, -0.1) is 0 Å². The molecule has 1 aliphatic rings. The molecule has 3 aromatic rings. The van der Waals surface area contributed by atoms with Gasteiger partial charge in [-0.2, -0.15) is 13.2 Å². The summed E-state index contributed by atoms with van der Waals surface area (Å²) in [5.41, 5.74) is 0.367. The first-order chi connectivity index (χ1) is 14.4. The van der Waals surface area contributed by atoms with Gasteiger partial charge in [0, 0.05) is 17.5 Å². The molecule has 1 aromatic heterocycles. The zero-order valence-corrected chi connectivity index (χ0v) is 16.0. The largest absolute Gasteiger partial charge is 0.439 e. The highest BCUT2D eigenvalue weighted by Gasteiger charge is 2.45. The van der Waals surface area contributed by atoms with Crippen molar-refractivity contribution < 1.29 is 22.4 Å². The Balaban J connectivity index is 1.31. The second-order valence-electron chi connectivity index (χ2n) is 7.38. The van der Waals surface area contributed by atoms with E-state index in [2.05, 4.69) is 15.6 Å². The number of carbonyl (C=O) groups excluding carboxylic acids is 1. The third-order valence-electron chi connectivity index (χ3n) is 5.26. The summed E-state index contributed by atoms with van der Waals surface area (Å²) in [5, 5.41) is 5.42. The number of hydrogen-bond acceptors (Lipinski definition) is 3. The number of hydrogen-bond donors (Lipinski definition) is 2. The van der Waals surface area contributed by atoms with Gasteiger partial charge in [-0.1, -0.05) is 48.5 Å². The van der Waals surface area contributed by atoms with Gasteiger partial charge in [0.2, 0.25) is 5.89 Å². The van der Waals surface area contributed by atoms with Crippen molar-refractivity contribution in [1.82, 2.24) is 15.6 Å². The molecule has 0 aliphatic heterocycles. The zero-order chi connectivity index (χ0) is 21.2. The number of urea groups is 1. The number of amides is 2. The molecular formula is C22H20F3N3O2. The van der Waals surface area contributed by atoms with Gasteiger partial charge >= 0.3 is 12.2 Å². The van der Waals surface area contributed by atoms with Gasteiger partial charge in [0.05, 0.1) is 18.3 Å². The second kappa shape index (κ2) is 7.85. The van der Waals surface area contributed by atoms with Gasteiger partial charge in [-0.3, -0.25) is 0 Å². The fraction of sp³-hybridized carbons (Fsp3) is 0.273. The van der Waals surface area contributed by atoms with E-state index in [1.54, 1.807) is 12.3 Å². The fourth-order valence-corrected chi connectivity index (χ4v) is 3.34. The SMILES string of the molecule is O=C(NCc1ncc(-c2ccccc2)o1)NCC1(c2cccc(C(F)(F)F)c2)CC1. The van der Waals surface area contributed by atoms with Crippen LogP contribution in [0.4, 0.5) is 18.0 Å². The summed E-state index contributed by atoms with van der Waals surface area (Å²) < 4.78 is 44.5. The van der Waals surface area contributed by atoms with Crippen LogP contribution in [0.1, 0.15) is 29.9 Å². The number of carbonyl (C=O) groups is 1. The van der Waals surface area contributed by atoms with E-state index in [9.17, 15) is 18.0 Å². The van der Waals surface area contributed by atoms with Gasteiger partial charge < -0.3 is 15.1 Å². The first kappa shape index (κ1) is 20.0. The van der Waals surface area contributed by atoms with Gasteiger partial charge in [-0.05, 0) is 24.5 Å². The third kappa shape index (κ3) is 4.48. The molecule has 1 fully saturated rings. The highest BCUT2D eigenvalue weighted by molar-refractivity contribution is 5.74. The van der Waals surface area contributed by atoms with Crippen LogP contribution in [0, 0.1) is 0 Å². The maximum Gasteiger partial charge on any atom is 0.416 e. The maximum absolute atomic E-state index is 13.0. The van der Waals surface area contributed by atoms with Crippen LogP contribution in [0.3, 0.4) is 0 Å². The average Bonchev–Trinajstić information content (AvgIpc) is 3.40. The van der Waals surface area contributed by atoms with Crippen LogP contribution < -0.4 is 10.6 Å². The second-order valence-corrected chi connectivity index (χ2v) is 7.38. The number of nitrogens with zero attached hydrogens (tertiary/aromatic N) is 1. The molecule has 1 aliphatic carbocycles. The standard InChI is InChI=1S/C22H20F3N3O2/c23-22(24,25)17-8-4-7-16(11-17)21(9-10-21)14-28-20(29)27-13-19-26-12-18(30-19)15-5-2-1-3-6-15/h1-8,11-12H,9-10,13-14H2,(H2,27,28,29). The molecule has 0 atom stereocenters. The number of oxazole rings is 1. The molecular weight excluding hydrogens is 395 g/mol. The Morgan fingerprint density at radius 2 is 1.83 bits per heavy atom. The predicted molar refractivity (Wildman–Crippen MR) is 105 cm³/mol. The van der Waals surface area contributed by atoms with Gasteiger partial charge in [0.1, 0.15) is 0 Å². The highest BCUT2D eigenvalue weighted by Crippen LogP contribution is 2.48. The Kier molecular flexibility index (Phi) is 5.24. The van der Waals surface area contributed by atoms with Crippen LogP contribution in [-0.2, 0) is 18.1 Å². The maximum atomic E-state index is 13.0. The summed E-state index contributed by atoms with van der Waals surface area (Å²) in [5.74, 6) is 0.970. The van der Waals surface area contributed by atoms with Crippen LogP contribution in [-0.4, -0.2) is 17.6 Å². The number of nitrogens with one attached hydrogen (secondary N) is 2. The molecule has 2 amide bonds. The summed E-state index contributed by atoms with van der Waals surface area (Å²) in [7, 11) is 0. The lowest BCUT2D eigenvalue weighted by Crippen LogP contribution is -2.39. The van der Waals surface area contributed by atoms with Crippen molar-refractivity contribution in [3.63, 3.8) is 0 Å². The molecule has 0 radical (unpaired) electrons. The zero-order valence-electron chi connectivity index (χ0n) is 16.0. The van der Waals surface area contributed by atoms with Crippen molar-refractivity contribution in [3.8, 4) is 11.3 Å². The van der Waals surface area contributed by atoms with Crippen molar-refractivity contribution in [1.29, 1.82) is 0 Å². The Labute approximate surface area is 171 Å². The number of benzene rings is 2. The fourth-order valence-electron chi connectivity index (χ4n) is 3.34. The summed E-state index contributed by atoms with van der Waals surface area (Å²) in [6.45, 7) is 0.371. The Morgan fingerprint density at radius 3 is 2.53 bits per heavy atom. The van der Waals surface area contributed by atoms with Crippen LogP contribution >= 0.6 is 0 Å². The van der Waals surface area contributed by atoms with E-state index in [4.69, 9.17) is 4.42 Å². The summed E-state index contributed by atoms with van der Waals surface area (Å²) in [6.07, 6.45) is -1.33. The molecule has 2 N–H and O–H groups in total. The molecule has 0 spiro atoms. The minimum Gasteiger partial charge on any atom is -0.439 e. The van der Waals surface area contributed by atoms with Gasteiger partial charge in [-0.25, -0.2) is 9.78 Å². The van der Waals surface area contributed by atoms with E-state index in [1.807, 2.05) is 30.3 Å². The summed E-state index contributed by atoms with van der Waals surface area (Å²) in [6, 6.07) is 14.4. The smallest absolute Gasteiger partial charge is 0.416 e. The van der Waals surface area contributed by atoms with Crippen LogP contribution in [0.5, 0.6) is 0 Å². The molecule has 156 valence electrons. The number of halogens is 3. The molecule has 0 saturated heterocycles. The molecule has 2 aromatic carbocycles. The van der Waals surface area contributed by atoms with E-state index in [0.717, 1.165) is 24.5 Å². The van der Waals surface area contributed by atoms with E-state index in [0.29, 0.717) is 17.2 Å². The highest BCUT2D eigenvalue weighted by atomic mass is 19.4. The molecule has 4 rings (SSSR count). The van der Waals surface area contributed by atoms with Crippen molar-refractivity contribution in [2.45, 2.75) is 31.0 Å². The molecule has 0 bridgehead atoms. The molecule has 1 heterocycles. The van der Waals surface area contributed by atoms with E-state index < -0.39 is 23.2 Å².